The minimum absolute atomic E-state index is 0.00479. The van der Waals surface area contributed by atoms with Gasteiger partial charge in [-0.15, -0.1) is 0 Å². The maximum atomic E-state index is 5.35. The maximum Gasteiger partial charge on any atom is 0.247 e. The third-order valence-corrected chi connectivity index (χ3v) is 6.61. The van der Waals surface area contributed by atoms with Gasteiger partial charge in [-0.25, -0.2) is 15.0 Å². The molecule has 6 rings (SSSR count). The van der Waals surface area contributed by atoms with Crippen LogP contribution in [0.25, 0.3) is 22.2 Å². The lowest BCUT2D eigenvalue weighted by molar-refractivity contribution is 0.415. The SMILES string of the molecule is COc1ccc(C2=NN(c3nc(-c4ccccc4)c4cc(C)ccc4n3)[C@H](c3ccccc3)C2)cc1. The summed E-state index contributed by atoms with van der Waals surface area (Å²) in [5.41, 5.74) is 7.31. The quantitative estimate of drug-likeness (QED) is 0.278. The Bertz CT molecular complexity index is 1550. The lowest BCUT2D eigenvalue weighted by Crippen LogP contribution is -2.21. The third-order valence-electron chi connectivity index (χ3n) is 6.61. The van der Waals surface area contributed by atoms with Gasteiger partial charge in [0.15, 0.2) is 0 Å². The number of aryl methyl sites for hydroxylation is 1. The zero-order chi connectivity index (χ0) is 24.5. The summed E-state index contributed by atoms with van der Waals surface area (Å²) in [5, 5.41) is 8.11. The summed E-state index contributed by atoms with van der Waals surface area (Å²) in [7, 11) is 1.68. The number of rotatable bonds is 5. The lowest BCUT2D eigenvalue weighted by Gasteiger charge is -2.23. The molecule has 1 aliphatic heterocycles. The van der Waals surface area contributed by atoms with Gasteiger partial charge in [0, 0.05) is 17.4 Å². The van der Waals surface area contributed by atoms with E-state index in [1.165, 1.54) is 11.1 Å². The molecular weight excluding hydrogens is 444 g/mol. The smallest absolute Gasteiger partial charge is 0.247 e. The van der Waals surface area contributed by atoms with Gasteiger partial charge in [0.25, 0.3) is 0 Å². The molecule has 5 aromatic rings. The Kier molecular flexibility index (Phi) is 5.66. The van der Waals surface area contributed by atoms with E-state index in [4.69, 9.17) is 19.8 Å². The number of anilines is 1. The van der Waals surface area contributed by atoms with Crippen molar-refractivity contribution in [3.63, 3.8) is 0 Å². The van der Waals surface area contributed by atoms with Gasteiger partial charge in [0.1, 0.15) is 5.75 Å². The van der Waals surface area contributed by atoms with Crippen LogP contribution in [-0.4, -0.2) is 22.8 Å². The van der Waals surface area contributed by atoms with Crippen molar-refractivity contribution in [1.82, 2.24) is 9.97 Å². The summed E-state index contributed by atoms with van der Waals surface area (Å²) in [6, 6.07) is 35.2. The molecule has 36 heavy (non-hydrogen) atoms. The minimum Gasteiger partial charge on any atom is -0.497 e. The predicted molar refractivity (Wildman–Crippen MR) is 146 cm³/mol. The molecule has 0 saturated carbocycles. The van der Waals surface area contributed by atoms with Crippen LogP contribution in [0.4, 0.5) is 5.95 Å². The third kappa shape index (κ3) is 4.09. The van der Waals surface area contributed by atoms with E-state index in [0.29, 0.717) is 5.95 Å². The van der Waals surface area contributed by atoms with Gasteiger partial charge in [-0.2, -0.15) is 5.10 Å². The maximum absolute atomic E-state index is 5.35. The number of benzene rings is 4. The fraction of sp³-hybridized carbons (Fsp3) is 0.129. The average Bonchev–Trinajstić information content (AvgIpc) is 3.39. The van der Waals surface area contributed by atoms with E-state index in [0.717, 1.165) is 45.6 Å². The van der Waals surface area contributed by atoms with E-state index in [2.05, 4.69) is 73.7 Å². The molecule has 1 atom stereocenters. The number of hydrazone groups is 1. The number of methoxy groups -OCH3 is 1. The highest BCUT2D eigenvalue weighted by molar-refractivity contribution is 6.03. The van der Waals surface area contributed by atoms with Crippen LogP contribution in [0.1, 0.15) is 29.2 Å². The van der Waals surface area contributed by atoms with Crippen molar-refractivity contribution in [3.8, 4) is 17.0 Å². The van der Waals surface area contributed by atoms with Crippen LogP contribution in [-0.2, 0) is 0 Å². The molecule has 4 aromatic carbocycles. The summed E-state index contributed by atoms with van der Waals surface area (Å²) >= 11 is 0. The standard InChI is InChI=1S/C31H26N4O/c1-21-13-18-27-26(19-21)30(24-11-7-4-8-12-24)33-31(32-27)35-29(23-9-5-3-6-10-23)20-28(34-35)22-14-16-25(36-2)17-15-22/h3-19,29H,20H2,1-2H3/t29-/m0/s1. The molecule has 5 nitrogen and oxygen atoms in total. The molecule has 2 heterocycles. The Morgan fingerprint density at radius 2 is 1.50 bits per heavy atom. The summed E-state index contributed by atoms with van der Waals surface area (Å²) in [5.74, 6) is 1.43. The molecular formula is C31H26N4O. The molecule has 1 aliphatic rings. The van der Waals surface area contributed by atoms with Gasteiger partial charge in [-0.05, 0) is 54.4 Å². The highest BCUT2D eigenvalue weighted by Gasteiger charge is 2.32. The highest BCUT2D eigenvalue weighted by atomic mass is 16.5. The van der Waals surface area contributed by atoms with Crippen molar-refractivity contribution in [2.45, 2.75) is 19.4 Å². The van der Waals surface area contributed by atoms with Crippen molar-refractivity contribution in [1.29, 1.82) is 0 Å². The first kappa shape index (κ1) is 22.0. The monoisotopic (exact) mass is 470 g/mol. The van der Waals surface area contributed by atoms with E-state index in [1.807, 2.05) is 41.4 Å². The molecule has 0 unspecified atom stereocenters. The molecule has 0 aliphatic carbocycles. The Balaban J connectivity index is 1.52. The Morgan fingerprint density at radius 1 is 0.778 bits per heavy atom. The fourth-order valence-electron chi connectivity index (χ4n) is 4.74. The van der Waals surface area contributed by atoms with Crippen LogP contribution in [0, 0.1) is 6.92 Å². The van der Waals surface area contributed by atoms with Crippen molar-refractivity contribution in [3.05, 3.63) is 120 Å². The number of hydrogen-bond acceptors (Lipinski definition) is 5. The van der Waals surface area contributed by atoms with E-state index >= 15 is 0 Å². The van der Waals surface area contributed by atoms with E-state index in [1.54, 1.807) is 7.11 Å². The first-order chi connectivity index (χ1) is 17.7. The predicted octanol–water partition coefficient (Wildman–Crippen LogP) is 6.97. The second-order valence-electron chi connectivity index (χ2n) is 9.01. The first-order valence-electron chi connectivity index (χ1n) is 12.1. The van der Waals surface area contributed by atoms with Crippen LogP contribution >= 0.6 is 0 Å². The fourth-order valence-corrected chi connectivity index (χ4v) is 4.74. The van der Waals surface area contributed by atoms with Gasteiger partial charge in [0.05, 0.1) is 30.1 Å². The molecule has 1 aromatic heterocycles. The largest absolute Gasteiger partial charge is 0.497 e. The van der Waals surface area contributed by atoms with Crippen LogP contribution in [0.5, 0.6) is 5.75 Å². The van der Waals surface area contributed by atoms with Gasteiger partial charge in [0.2, 0.25) is 5.95 Å². The number of ether oxygens (including phenoxy) is 1. The molecule has 0 N–H and O–H groups in total. The van der Waals surface area contributed by atoms with E-state index in [9.17, 15) is 0 Å². The molecule has 0 radical (unpaired) electrons. The van der Waals surface area contributed by atoms with Gasteiger partial charge in [-0.3, -0.25) is 0 Å². The van der Waals surface area contributed by atoms with E-state index in [-0.39, 0.29) is 6.04 Å². The van der Waals surface area contributed by atoms with Gasteiger partial charge >= 0.3 is 0 Å². The summed E-state index contributed by atoms with van der Waals surface area (Å²) in [4.78, 5) is 10.1. The zero-order valence-electron chi connectivity index (χ0n) is 20.3. The second kappa shape index (κ2) is 9.27. The lowest BCUT2D eigenvalue weighted by atomic mass is 9.98. The number of nitrogens with zero attached hydrogens (tertiary/aromatic N) is 4. The molecule has 0 saturated heterocycles. The normalized spacial score (nSPS) is 15.2. The molecule has 0 bridgehead atoms. The van der Waals surface area contributed by atoms with Crippen molar-refractivity contribution < 1.29 is 4.74 Å². The molecule has 0 spiro atoms. The Hall–Kier alpha value is -4.51. The second-order valence-corrected chi connectivity index (χ2v) is 9.01. The van der Waals surface area contributed by atoms with Crippen molar-refractivity contribution in [2.24, 2.45) is 5.10 Å². The van der Waals surface area contributed by atoms with Gasteiger partial charge in [-0.1, -0.05) is 72.3 Å². The summed E-state index contributed by atoms with van der Waals surface area (Å²) in [6.07, 6.45) is 0.756. The number of hydrogen-bond donors (Lipinski definition) is 0. The Morgan fingerprint density at radius 3 is 2.22 bits per heavy atom. The van der Waals surface area contributed by atoms with Crippen LogP contribution in [0.15, 0.2) is 108 Å². The van der Waals surface area contributed by atoms with Gasteiger partial charge < -0.3 is 4.74 Å². The van der Waals surface area contributed by atoms with Crippen LogP contribution < -0.4 is 9.75 Å². The molecule has 0 fully saturated rings. The van der Waals surface area contributed by atoms with Crippen LogP contribution in [0.3, 0.4) is 0 Å². The summed E-state index contributed by atoms with van der Waals surface area (Å²) < 4.78 is 5.35. The topological polar surface area (TPSA) is 50.6 Å². The van der Waals surface area contributed by atoms with Crippen molar-refractivity contribution in [2.75, 3.05) is 12.1 Å². The molecule has 0 amide bonds. The molecule has 176 valence electrons. The van der Waals surface area contributed by atoms with Crippen LogP contribution in [0.2, 0.25) is 0 Å². The zero-order valence-corrected chi connectivity index (χ0v) is 20.3. The summed E-state index contributed by atoms with van der Waals surface area (Å²) in [6.45, 7) is 2.10. The number of fused-ring (bicyclic) bond motifs is 1. The highest BCUT2D eigenvalue weighted by Crippen LogP contribution is 2.37. The number of aromatic nitrogens is 2. The van der Waals surface area contributed by atoms with Crippen molar-refractivity contribution >= 4 is 22.6 Å². The minimum atomic E-state index is -0.00479. The van der Waals surface area contributed by atoms with E-state index < -0.39 is 0 Å². The first-order valence-corrected chi connectivity index (χ1v) is 12.1. The average molecular weight is 471 g/mol. The molecule has 5 heteroatoms. The Labute approximate surface area is 210 Å².